The maximum atomic E-state index is 12.0. The summed E-state index contributed by atoms with van der Waals surface area (Å²) in [7, 11) is 0. The van der Waals surface area contributed by atoms with Crippen molar-refractivity contribution in [1.29, 1.82) is 0 Å². The highest BCUT2D eigenvalue weighted by Gasteiger charge is 2.03. The lowest BCUT2D eigenvalue weighted by Crippen LogP contribution is -2.19. The first-order valence-electron chi connectivity index (χ1n) is 7.02. The fraction of sp³-hybridized carbons (Fsp3) is 0.235. The number of carbonyl (C=O) groups excluding carboxylic acids is 1. The summed E-state index contributed by atoms with van der Waals surface area (Å²) in [5.41, 5.74) is 3.70. The van der Waals surface area contributed by atoms with E-state index >= 15 is 0 Å². The standard InChI is InChI=1S/C17H20N2O2/c1-13-5-2-8-15(11-13)18-17(21)19-16-9-3-6-14(12-16)7-4-10-20/h2-3,5-6,8-9,11-12,20H,4,7,10H2,1H3,(H2,18,19,21). The van der Waals surface area contributed by atoms with Gasteiger partial charge in [0.1, 0.15) is 0 Å². The van der Waals surface area contributed by atoms with Crippen LogP contribution in [0.3, 0.4) is 0 Å². The average molecular weight is 284 g/mol. The van der Waals surface area contributed by atoms with Gasteiger partial charge >= 0.3 is 6.03 Å². The lowest BCUT2D eigenvalue weighted by atomic mass is 10.1. The molecule has 0 fully saturated rings. The van der Waals surface area contributed by atoms with Crippen LogP contribution in [0.15, 0.2) is 48.5 Å². The van der Waals surface area contributed by atoms with Gasteiger partial charge in [0, 0.05) is 18.0 Å². The molecule has 0 atom stereocenters. The Hall–Kier alpha value is -2.33. The predicted molar refractivity (Wildman–Crippen MR) is 85.7 cm³/mol. The fourth-order valence-corrected chi connectivity index (χ4v) is 2.10. The number of amides is 2. The summed E-state index contributed by atoms with van der Waals surface area (Å²) in [5.74, 6) is 0. The topological polar surface area (TPSA) is 61.4 Å². The molecule has 0 aliphatic rings. The number of rotatable bonds is 5. The zero-order valence-corrected chi connectivity index (χ0v) is 12.1. The van der Waals surface area contributed by atoms with Crippen LogP contribution in [-0.2, 0) is 6.42 Å². The number of benzene rings is 2. The molecule has 0 aromatic heterocycles. The number of nitrogens with one attached hydrogen (secondary N) is 2. The van der Waals surface area contributed by atoms with Crippen molar-refractivity contribution in [2.24, 2.45) is 0 Å². The van der Waals surface area contributed by atoms with Crippen LogP contribution in [0.5, 0.6) is 0 Å². The highest BCUT2D eigenvalue weighted by Crippen LogP contribution is 2.14. The van der Waals surface area contributed by atoms with Crippen LogP contribution in [-0.4, -0.2) is 17.7 Å². The van der Waals surface area contributed by atoms with E-state index in [1.54, 1.807) is 0 Å². The quantitative estimate of drug-likeness (QED) is 0.786. The summed E-state index contributed by atoms with van der Waals surface area (Å²) in [6.07, 6.45) is 1.52. The van der Waals surface area contributed by atoms with Gasteiger partial charge in [-0.2, -0.15) is 0 Å². The lowest BCUT2D eigenvalue weighted by Gasteiger charge is -2.09. The number of hydrogen-bond acceptors (Lipinski definition) is 2. The first kappa shape index (κ1) is 15.1. The average Bonchev–Trinajstić information content (AvgIpc) is 2.45. The normalized spacial score (nSPS) is 10.2. The number of carbonyl (C=O) groups is 1. The Morgan fingerprint density at radius 3 is 2.38 bits per heavy atom. The molecule has 2 rings (SSSR count). The van der Waals surface area contributed by atoms with E-state index in [2.05, 4.69) is 10.6 Å². The maximum absolute atomic E-state index is 12.0. The number of urea groups is 1. The molecule has 0 aliphatic carbocycles. The van der Waals surface area contributed by atoms with Crippen molar-refractivity contribution < 1.29 is 9.90 Å². The molecular formula is C17H20N2O2. The molecule has 0 unspecified atom stereocenters. The third-order valence-corrected chi connectivity index (χ3v) is 3.08. The lowest BCUT2D eigenvalue weighted by molar-refractivity contribution is 0.262. The highest BCUT2D eigenvalue weighted by atomic mass is 16.2. The molecule has 4 nitrogen and oxygen atoms in total. The van der Waals surface area contributed by atoms with Crippen LogP contribution in [0.2, 0.25) is 0 Å². The van der Waals surface area contributed by atoms with Crippen molar-refractivity contribution in [3.63, 3.8) is 0 Å². The van der Waals surface area contributed by atoms with Crippen molar-refractivity contribution >= 4 is 17.4 Å². The molecule has 21 heavy (non-hydrogen) atoms. The minimum absolute atomic E-state index is 0.172. The van der Waals surface area contributed by atoms with E-state index in [9.17, 15) is 4.79 Å². The molecule has 0 spiro atoms. The van der Waals surface area contributed by atoms with Crippen molar-refractivity contribution in [2.75, 3.05) is 17.2 Å². The van der Waals surface area contributed by atoms with E-state index in [-0.39, 0.29) is 12.6 Å². The molecule has 0 aliphatic heterocycles. The van der Waals surface area contributed by atoms with Gasteiger partial charge < -0.3 is 15.7 Å². The van der Waals surface area contributed by atoms with Gasteiger partial charge in [-0.15, -0.1) is 0 Å². The number of aliphatic hydroxyl groups is 1. The Balaban J connectivity index is 1.96. The molecule has 0 saturated heterocycles. The molecule has 110 valence electrons. The minimum Gasteiger partial charge on any atom is -0.396 e. The molecule has 4 heteroatoms. The number of aryl methyl sites for hydroxylation is 2. The van der Waals surface area contributed by atoms with Crippen LogP contribution in [0.1, 0.15) is 17.5 Å². The Bertz CT molecular complexity index is 611. The van der Waals surface area contributed by atoms with Gasteiger partial charge in [0.2, 0.25) is 0 Å². The number of anilines is 2. The molecule has 0 saturated carbocycles. The van der Waals surface area contributed by atoms with Gasteiger partial charge in [0.15, 0.2) is 0 Å². The third kappa shape index (κ3) is 4.93. The summed E-state index contributed by atoms with van der Waals surface area (Å²) in [5, 5.41) is 14.5. The van der Waals surface area contributed by atoms with Crippen LogP contribution in [0.25, 0.3) is 0 Å². The monoisotopic (exact) mass is 284 g/mol. The van der Waals surface area contributed by atoms with E-state index in [1.807, 2.05) is 55.5 Å². The van der Waals surface area contributed by atoms with Gasteiger partial charge in [0.05, 0.1) is 0 Å². The van der Waals surface area contributed by atoms with Crippen molar-refractivity contribution in [2.45, 2.75) is 19.8 Å². The molecular weight excluding hydrogens is 264 g/mol. The highest BCUT2D eigenvalue weighted by molar-refractivity contribution is 5.99. The minimum atomic E-state index is -0.264. The first-order chi connectivity index (χ1) is 10.2. The fourth-order valence-electron chi connectivity index (χ4n) is 2.10. The number of hydrogen-bond donors (Lipinski definition) is 3. The Kier molecular flexibility index (Phi) is 5.35. The van der Waals surface area contributed by atoms with Crippen LogP contribution in [0, 0.1) is 6.92 Å². The molecule has 0 radical (unpaired) electrons. The van der Waals surface area contributed by atoms with Gasteiger partial charge in [-0.25, -0.2) is 4.79 Å². The van der Waals surface area contributed by atoms with Gasteiger partial charge in [-0.3, -0.25) is 0 Å². The van der Waals surface area contributed by atoms with Crippen molar-refractivity contribution in [3.8, 4) is 0 Å². The predicted octanol–water partition coefficient (Wildman–Crippen LogP) is 3.56. The summed E-state index contributed by atoms with van der Waals surface area (Å²) < 4.78 is 0. The van der Waals surface area contributed by atoms with Crippen molar-refractivity contribution in [1.82, 2.24) is 0 Å². The summed E-state index contributed by atoms with van der Waals surface area (Å²) in [6.45, 7) is 2.15. The Morgan fingerprint density at radius 2 is 1.71 bits per heavy atom. The summed E-state index contributed by atoms with van der Waals surface area (Å²) in [6, 6.07) is 15.0. The second-order valence-corrected chi connectivity index (χ2v) is 4.98. The van der Waals surface area contributed by atoms with Crippen molar-refractivity contribution in [3.05, 3.63) is 59.7 Å². The number of aliphatic hydroxyl groups excluding tert-OH is 1. The van der Waals surface area contributed by atoms with E-state index in [1.165, 1.54) is 0 Å². The largest absolute Gasteiger partial charge is 0.396 e. The second kappa shape index (κ2) is 7.45. The van der Waals surface area contributed by atoms with Gasteiger partial charge in [0.25, 0.3) is 0 Å². The second-order valence-electron chi connectivity index (χ2n) is 4.98. The zero-order valence-electron chi connectivity index (χ0n) is 12.1. The molecule has 2 aromatic carbocycles. The summed E-state index contributed by atoms with van der Waals surface area (Å²) in [4.78, 5) is 12.0. The van der Waals surface area contributed by atoms with Crippen LogP contribution >= 0.6 is 0 Å². The molecule has 2 aromatic rings. The Labute approximate surface area is 124 Å². The van der Waals surface area contributed by atoms with E-state index in [4.69, 9.17) is 5.11 Å². The Morgan fingerprint density at radius 1 is 1.05 bits per heavy atom. The van der Waals surface area contributed by atoms with Gasteiger partial charge in [-0.1, -0.05) is 24.3 Å². The molecule has 0 bridgehead atoms. The molecule has 0 heterocycles. The first-order valence-corrected chi connectivity index (χ1v) is 7.02. The van der Waals surface area contributed by atoms with E-state index in [0.717, 1.165) is 35.3 Å². The van der Waals surface area contributed by atoms with Crippen LogP contribution < -0.4 is 10.6 Å². The van der Waals surface area contributed by atoms with Gasteiger partial charge in [-0.05, 0) is 55.2 Å². The van der Waals surface area contributed by atoms with E-state index in [0.29, 0.717) is 0 Å². The molecule has 3 N–H and O–H groups in total. The zero-order chi connectivity index (χ0) is 15.1. The maximum Gasteiger partial charge on any atom is 0.323 e. The summed E-state index contributed by atoms with van der Waals surface area (Å²) >= 11 is 0. The third-order valence-electron chi connectivity index (χ3n) is 3.08. The SMILES string of the molecule is Cc1cccc(NC(=O)Nc2cccc(CCCO)c2)c1. The smallest absolute Gasteiger partial charge is 0.323 e. The van der Waals surface area contributed by atoms with E-state index < -0.39 is 0 Å². The molecule has 2 amide bonds. The van der Waals surface area contributed by atoms with Crippen LogP contribution in [0.4, 0.5) is 16.2 Å².